The number of amides is 2. The molecule has 0 aliphatic carbocycles. The number of hydrogen-bond acceptors (Lipinski definition) is 6. The van der Waals surface area contributed by atoms with Crippen molar-refractivity contribution in [3.8, 4) is 17.2 Å². The van der Waals surface area contributed by atoms with Crippen LogP contribution in [-0.4, -0.2) is 70.5 Å². The molecular formula is C22H26N4O5. The Balaban J connectivity index is 1.15. The normalized spacial score (nSPS) is 18.5. The van der Waals surface area contributed by atoms with Gasteiger partial charge >= 0.3 is 0 Å². The molecule has 0 N–H and O–H groups in total. The van der Waals surface area contributed by atoms with Crippen molar-refractivity contribution in [2.45, 2.75) is 38.8 Å². The van der Waals surface area contributed by atoms with Crippen LogP contribution in [0, 0.1) is 0 Å². The Morgan fingerprint density at radius 3 is 2.58 bits per heavy atom. The van der Waals surface area contributed by atoms with Crippen LogP contribution in [0.5, 0.6) is 17.2 Å². The maximum atomic E-state index is 12.9. The highest BCUT2D eigenvalue weighted by molar-refractivity contribution is 5.92. The first-order valence-electron chi connectivity index (χ1n) is 10.8. The third-order valence-corrected chi connectivity index (χ3v) is 6.02. The SMILES string of the molecule is CC(Oc1ccc2c(c1)OCO2)C(=O)N1CCN(C(=O)c2cc3n(n2)CCCC3)CC1. The summed E-state index contributed by atoms with van der Waals surface area (Å²) in [6.07, 6.45) is 2.59. The molecule has 1 atom stereocenters. The molecule has 3 aliphatic heterocycles. The number of fused-ring (bicyclic) bond motifs is 2. The van der Waals surface area contributed by atoms with Crippen LogP contribution >= 0.6 is 0 Å². The molecular weight excluding hydrogens is 400 g/mol. The van der Waals surface area contributed by atoms with E-state index in [1.807, 2.05) is 10.7 Å². The average Bonchev–Trinajstić information content (AvgIpc) is 3.44. The van der Waals surface area contributed by atoms with Gasteiger partial charge < -0.3 is 24.0 Å². The summed E-state index contributed by atoms with van der Waals surface area (Å²) in [5.41, 5.74) is 1.65. The highest BCUT2D eigenvalue weighted by Gasteiger charge is 2.30. The van der Waals surface area contributed by atoms with Crippen molar-refractivity contribution in [2.75, 3.05) is 33.0 Å². The fourth-order valence-electron chi connectivity index (χ4n) is 4.28. The van der Waals surface area contributed by atoms with Crippen molar-refractivity contribution >= 4 is 11.8 Å². The molecule has 0 saturated carbocycles. The fourth-order valence-corrected chi connectivity index (χ4v) is 4.28. The standard InChI is InChI=1S/C22H26N4O5/c1-15(31-17-5-6-19-20(13-17)30-14-29-19)21(27)24-8-10-25(11-9-24)22(28)18-12-16-4-2-3-7-26(16)23-18/h5-6,12-13,15H,2-4,7-11,14H2,1H3. The molecule has 0 bridgehead atoms. The van der Waals surface area contributed by atoms with E-state index in [0.29, 0.717) is 49.1 Å². The van der Waals surface area contributed by atoms with E-state index < -0.39 is 6.10 Å². The molecule has 5 rings (SSSR count). The second-order valence-corrected chi connectivity index (χ2v) is 8.09. The Labute approximate surface area is 180 Å². The number of rotatable bonds is 4. The van der Waals surface area contributed by atoms with E-state index in [1.54, 1.807) is 34.9 Å². The second kappa shape index (κ2) is 8.13. The lowest BCUT2D eigenvalue weighted by Crippen LogP contribution is -2.53. The van der Waals surface area contributed by atoms with Crippen LogP contribution in [0.15, 0.2) is 24.3 Å². The van der Waals surface area contributed by atoms with Gasteiger partial charge in [0.15, 0.2) is 23.3 Å². The van der Waals surface area contributed by atoms with Crippen LogP contribution in [0.4, 0.5) is 0 Å². The number of nitrogens with zero attached hydrogens (tertiary/aromatic N) is 4. The highest BCUT2D eigenvalue weighted by atomic mass is 16.7. The number of benzene rings is 1. The van der Waals surface area contributed by atoms with Gasteiger partial charge in [0.05, 0.1) is 0 Å². The molecule has 0 radical (unpaired) electrons. The Bertz CT molecular complexity index is 972. The van der Waals surface area contributed by atoms with E-state index in [1.165, 1.54) is 0 Å². The summed E-state index contributed by atoms with van der Waals surface area (Å²) in [5.74, 6) is 1.69. The maximum absolute atomic E-state index is 12.9. The molecule has 9 nitrogen and oxygen atoms in total. The number of carbonyl (C=O) groups excluding carboxylic acids is 2. The summed E-state index contributed by atoms with van der Waals surface area (Å²) >= 11 is 0. The van der Waals surface area contributed by atoms with Gasteiger partial charge in [-0.2, -0.15) is 5.10 Å². The molecule has 9 heteroatoms. The van der Waals surface area contributed by atoms with Crippen molar-refractivity contribution in [3.63, 3.8) is 0 Å². The number of piperazine rings is 1. The molecule has 0 spiro atoms. The third kappa shape index (κ3) is 3.92. The van der Waals surface area contributed by atoms with E-state index >= 15 is 0 Å². The number of aryl methyl sites for hydroxylation is 2. The van der Waals surface area contributed by atoms with Crippen LogP contribution in [0.25, 0.3) is 0 Å². The summed E-state index contributed by atoms with van der Waals surface area (Å²) in [4.78, 5) is 29.2. The van der Waals surface area contributed by atoms with Gasteiger partial charge in [-0.05, 0) is 44.4 Å². The Kier molecular flexibility index (Phi) is 5.17. The van der Waals surface area contributed by atoms with Crippen molar-refractivity contribution < 1.29 is 23.8 Å². The molecule has 1 saturated heterocycles. The minimum Gasteiger partial charge on any atom is -0.481 e. The van der Waals surface area contributed by atoms with E-state index in [9.17, 15) is 9.59 Å². The molecule has 4 heterocycles. The summed E-state index contributed by atoms with van der Waals surface area (Å²) in [7, 11) is 0. The van der Waals surface area contributed by atoms with Crippen LogP contribution in [-0.2, 0) is 17.8 Å². The summed E-state index contributed by atoms with van der Waals surface area (Å²) in [5, 5.41) is 4.49. The predicted octanol–water partition coefficient (Wildman–Crippen LogP) is 1.70. The molecule has 1 aromatic heterocycles. The lowest BCUT2D eigenvalue weighted by atomic mass is 10.1. The smallest absolute Gasteiger partial charge is 0.274 e. The molecule has 2 aromatic rings. The highest BCUT2D eigenvalue weighted by Crippen LogP contribution is 2.35. The van der Waals surface area contributed by atoms with Gasteiger partial charge in [0, 0.05) is 44.5 Å². The zero-order valence-corrected chi connectivity index (χ0v) is 17.6. The zero-order valence-electron chi connectivity index (χ0n) is 17.6. The zero-order chi connectivity index (χ0) is 21.4. The monoisotopic (exact) mass is 426 g/mol. The van der Waals surface area contributed by atoms with Gasteiger partial charge in [0.1, 0.15) is 5.75 Å². The molecule has 1 unspecified atom stereocenters. The summed E-state index contributed by atoms with van der Waals surface area (Å²) in [6, 6.07) is 7.18. The number of aromatic nitrogens is 2. The molecule has 1 aromatic carbocycles. The minimum absolute atomic E-state index is 0.0568. The first-order valence-corrected chi connectivity index (χ1v) is 10.8. The van der Waals surface area contributed by atoms with Crippen LogP contribution in [0.2, 0.25) is 0 Å². The van der Waals surface area contributed by atoms with Gasteiger partial charge in [0.25, 0.3) is 11.8 Å². The first kappa shape index (κ1) is 19.7. The van der Waals surface area contributed by atoms with E-state index in [0.717, 1.165) is 31.5 Å². The van der Waals surface area contributed by atoms with Crippen LogP contribution in [0.3, 0.4) is 0 Å². The number of ether oxygens (including phenoxy) is 3. The van der Waals surface area contributed by atoms with E-state index in [-0.39, 0.29) is 18.6 Å². The second-order valence-electron chi connectivity index (χ2n) is 8.09. The fraction of sp³-hybridized carbons (Fsp3) is 0.500. The molecule has 2 amide bonds. The average molecular weight is 426 g/mol. The van der Waals surface area contributed by atoms with Crippen LogP contribution < -0.4 is 14.2 Å². The van der Waals surface area contributed by atoms with Gasteiger partial charge in [-0.15, -0.1) is 0 Å². The Morgan fingerprint density at radius 2 is 1.77 bits per heavy atom. The van der Waals surface area contributed by atoms with Crippen molar-refractivity contribution in [1.82, 2.24) is 19.6 Å². The number of carbonyl (C=O) groups is 2. The molecule has 1 fully saturated rings. The van der Waals surface area contributed by atoms with Gasteiger partial charge in [0.2, 0.25) is 6.79 Å². The van der Waals surface area contributed by atoms with Gasteiger partial charge in [-0.3, -0.25) is 14.3 Å². The van der Waals surface area contributed by atoms with Crippen molar-refractivity contribution in [3.05, 3.63) is 35.7 Å². The van der Waals surface area contributed by atoms with E-state index in [2.05, 4.69) is 5.10 Å². The Morgan fingerprint density at radius 1 is 1.00 bits per heavy atom. The largest absolute Gasteiger partial charge is 0.481 e. The Hall–Kier alpha value is -3.23. The quantitative estimate of drug-likeness (QED) is 0.740. The van der Waals surface area contributed by atoms with Crippen LogP contribution in [0.1, 0.15) is 35.9 Å². The van der Waals surface area contributed by atoms with Crippen molar-refractivity contribution in [2.24, 2.45) is 0 Å². The van der Waals surface area contributed by atoms with Crippen molar-refractivity contribution in [1.29, 1.82) is 0 Å². The predicted molar refractivity (Wildman–Crippen MR) is 110 cm³/mol. The summed E-state index contributed by atoms with van der Waals surface area (Å²) in [6.45, 7) is 4.75. The molecule has 164 valence electrons. The topological polar surface area (TPSA) is 86.1 Å². The minimum atomic E-state index is -0.637. The molecule has 31 heavy (non-hydrogen) atoms. The maximum Gasteiger partial charge on any atom is 0.274 e. The summed E-state index contributed by atoms with van der Waals surface area (Å²) < 4.78 is 18.4. The number of hydrogen-bond donors (Lipinski definition) is 0. The van der Waals surface area contributed by atoms with E-state index in [4.69, 9.17) is 14.2 Å². The first-order chi connectivity index (χ1) is 15.1. The van der Waals surface area contributed by atoms with Gasteiger partial charge in [-0.1, -0.05) is 0 Å². The molecule has 3 aliphatic rings. The van der Waals surface area contributed by atoms with Gasteiger partial charge in [-0.25, -0.2) is 0 Å². The lowest BCUT2D eigenvalue weighted by Gasteiger charge is -2.35. The lowest BCUT2D eigenvalue weighted by molar-refractivity contribution is -0.139. The third-order valence-electron chi connectivity index (χ3n) is 6.02.